The van der Waals surface area contributed by atoms with E-state index < -0.39 is 10.0 Å². The van der Waals surface area contributed by atoms with Crippen molar-refractivity contribution in [3.8, 4) is 0 Å². The van der Waals surface area contributed by atoms with Crippen LogP contribution in [-0.2, 0) is 10.0 Å². The van der Waals surface area contributed by atoms with Gasteiger partial charge in [-0.2, -0.15) is 0 Å². The lowest BCUT2D eigenvalue weighted by Gasteiger charge is -2.15. The Morgan fingerprint density at radius 3 is 2.40 bits per heavy atom. The van der Waals surface area contributed by atoms with Crippen LogP contribution in [0.25, 0.3) is 0 Å². The molecular formula is C14H16BrNO2S2. The van der Waals surface area contributed by atoms with Crippen molar-refractivity contribution in [2.75, 3.05) is 0 Å². The van der Waals surface area contributed by atoms with Crippen LogP contribution in [0.3, 0.4) is 0 Å². The average Bonchev–Trinajstić information content (AvgIpc) is 2.79. The number of thiophene rings is 1. The zero-order valence-corrected chi connectivity index (χ0v) is 14.7. The van der Waals surface area contributed by atoms with Crippen LogP contribution in [0.5, 0.6) is 0 Å². The molecule has 0 aliphatic rings. The standard InChI is InChI=1S/C14H16BrNO2S2/c1-9-4-5-12(8-10(9)2)11(3)16-20(17,18)14-7-6-13(15)19-14/h4-8,11,16H,1-3H3. The molecule has 0 amide bonds. The maximum Gasteiger partial charge on any atom is 0.250 e. The van der Waals surface area contributed by atoms with Crippen molar-refractivity contribution in [2.24, 2.45) is 0 Å². The zero-order chi connectivity index (χ0) is 14.9. The van der Waals surface area contributed by atoms with E-state index in [-0.39, 0.29) is 6.04 Å². The third-order valence-corrected chi connectivity index (χ3v) is 6.83. The number of sulfonamides is 1. The van der Waals surface area contributed by atoms with Gasteiger partial charge < -0.3 is 0 Å². The molecule has 108 valence electrons. The van der Waals surface area contributed by atoms with Gasteiger partial charge in [-0.3, -0.25) is 0 Å². The molecule has 1 atom stereocenters. The van der Waals surface area contributed by atoms with Crippen LogP contribution in [0.4, 0.5) is 0 Å². The number of hydrogen-bond acceptors (Lipinski definition) is 3. The summed E-state index contributed by atoms with van der Waals surface area (Å²) >= 11 is 4.48. The van der Waals surface area contributed by atoms with Crippen molar-refractivity contribution in [1.29, 1.82) is 0 Å². The zero-order valence-electron chi connectivity index (χ0n) is 11.5. The number of halogens is 1. The lowest BCUT2D eigenvalue weighted by atomic mass is 10.0. The second kappa shape index (κ2) is 5.97. The molecule has 0 bridgehead atoms. The van der Waals surface area contributed by atoms with Crippen molar-refractivity contribution in [2.45, 2.75) is 31.0 Å². The van der Waals surface area contributed by atoms with Gasteiger partial charge in [-0.15, -0.1) is 11.3 Å². The molecule has 1 N–H and O–H groups in total. The van der Waals surface area contributed by atoms with Crippen LogP contribution < -0.4 is 4.72 Å². The first-order valence-corrected chi connectivity index (χ1v) is 9.23. The largest absolute Gasteiger partial charge is 0.250 e. The van der Waals surface area contributed by atoms with Crippen LogP contribution in [0.15, 0.2) is 38.3 Å². The fraction of sp³-hybridized carbons (Fsp3) is 0.286. The minimum absolute atomic E-state index is 0.264. The normalized spacial score (nSPS) is 13.4. The second-order valence-electron chi connectivity index (χ2n) is 4.75. The molecule has 0 fully saturated rings. The van der Waals surface area contributed by atoms with E-state index in [9.17, 15) is 8.42 Å². The highest BCUT2D eigenvalue weighted by atomic mass is 79.9. The molecule has 2 aromatic rings. The molecular weight excluding hydrogens is 358 g/mol. The fourth-order valence-electron chi connectivity index (χ4n) is 1.83. The Morgan fingerprint density at radius 2 is 1.85 bits per heavy atom. The molecule has 0 radical (unpaired) electrons. The van der Waals surface area contributed by atoms with Gasteiger partial charge in [-0.05, 0) is 65.5 Å². The summed E-state index contributed by atoms with van der Waals surface area (Å²) in [5.41, 5.74) is 3.32. The lowest BCUT2D eigenvalue weighted by Crippen LogP contribution is -2.26. The molecule has 20 heavy (non-hydrogen) atoms. The first-order valence-electron chi connectivity index (χ1n) is 6.14. The summed E-state index contributed by atoms with van der Waals surface area (Å²) in [6.07, 6.45) is 0. The Morgan fingerprint density at radius 1 is 1.15 bits per heavy atom. The van der Waals surface area contributed by atoms with Gasteiger partial charge in [0.05, 0.1) is 3.79 Å². The molecule has 1 aromatic carbocycles. The fourth-order valence-corrected chi connectivity index (χ4v) is 5.09. The van der Waals surface area contributed by atoms with Crippen molar-refractivity contribution in [1.82, 2.24) is 4.72 Å². The van der Waals surface area contributed by atoms with E-state index in [1.54, 1.807) is 12.1 Å². The van der Waals surface area contributed by atoms with Gasteiger partial charge in [-0.25, -0.2) is 13.1 Å². The van der Waals surface area contributed by atoms with Crippen molar-refractivity contribution in [3.05, 3.63) is 50.8 Å². The Kier molecular flexibility index (Phi) is 4.69. The summed E-state index contributed by atoms with van der Waals surface area (Å²) in [6, 6.07) is 9.06. The van der Waals surface area contributed by atoms with E-state index in [0.29, 0.717) is 4.21 Å². The maximum absolute atomic E-state index is 12.3. The first-order chi connectivity index (χ1) is 9.29. The number of nitrogens with one attached hydrogen (secondary N) is 1. The molecule has 0 saturated heterocycles. The highest BCUT2D eigenvalue weighted by Crippen LogP contribution is 2.27. The number of rotatable bonds is 4. The summed E-state index contributed by atoms with van der Waals surface area (Å²) in [5, 5.41) is 0. The molecule has 2 rings (SSSR count). The van der Waals surface area contributed by atoms with Crippen LogP contribution in [-0.4, -0.2) is 8.42 Å². The first kappa shape index (κ1) is 15.7. The molecule has 0 aliphatic heterocycles. The van der Waals surface area contributed by atoms with Gasteiger partial charge in [0.2, 0.25) is 0 Å². The van der Waals surface area contributed by atoms with E-state index in [2.05, 4.69) is 20.7 Å². The van der Waals surface area contributed by atoms with E-state index >= 15 is 0 Å². The lowest BCUT2D eigenvalue weighted by molar-refractivity contribution is 0.569. The van der Waals surface area contributed by atoms with E-state index in [4.69, 9.17) is 0 Å². The predicted octanol–water partition coefficient (Wildman–Crippen LogP) is 4.17. The Labute approximate surface area is 132 Å². The monoisotopic (exact) mass is 373 g/mol. The molecule has 1 unspecified atom stereocenters. The minimum atomic E-state index is -3.47. The Bertz CT molecular complexity index is 723. The third kappa shape index (κ3) is 3.49. The molecule has 0 spiro atoms. The molecule has 0 saturated carbocycles. The van der Waals surface area contributed by atoms with Gasteiger partial charge in [0.15, 0.2) is 0 Å². The summed E-state index contributed by atoms with van der Waals surface area (Å²) in [5.74, 6) is 0. The Hall–Kier alpha value is -0.690. The van der Waals surface area contributed by atoms with Crippen LogP contribution in [0.1, 0.15) is 29.7 Å². The van der Waals surface area contributed by atoms with Crippen molar-refractivity contribution < 1.29 is 8.42 Å². The summed E-state index contributed by atoms with van der Waals surface area (Å²) < 4.78 is 28.4. The average molecular weight is 374 g/mol. The molecule has 3 nitrogen and oxygen atoms in total. The quantitative estimate of drug-likeness (QED) is 0.873. The third-order valence-electron chi connectivity index (χ3n) is 3.18. The summed E-state index contributed by atoms with van der Waals surface area (Å²) in [7, 11) is -3.47. The number of aryl methyl sites for hydroxylation is 2. The highest BCUT2D eigenvalue weighted by molar-refractivity contribution is 9.11. The van der Waals surface area contributed by atoms with Crippen molar-refractivity contribution >= 4 is 37.3 Å². The summed E-state index contributed by atoms with van der Waals surface area (Å²) in [6.45, 7) is 5.91. The van der Waals surface area contributed by atoms with Gasteiger partial charge in [-0.1, -0.05) is 18.2 Å². The smallest absolute Gasteiger partial charge is 0.206 e. The van der Waals surface area contributed by atoms with Gasteiger partial charge in [0.25, 0.3) is 10.0 Å². The molecule has 6 heteroatoms. The predicted molar refractivity (Wildman–Crippen MR) is 86.7 cm³/mol. The molecule has 1 heterocycles. The van der Waals surface area contributed by atoms with Crippen molar-refractivity contribution in [3.63, 3.8) is 0 Å². The molecule has 1 aromatic heterocycles. The highest BCUT2D eigenvalue weighted by Gasteiger charge is 2.20. The van der Waals surface area contributed by atoms with E-state index in [1.165, 1.54) is 16.9 Å². The minimum Gasteiger partial charge on any atom is -0.206 e. The van der Waals surface area contributed by atoms with Crippen LogP contribution >= 0.6 is 27.3 Å². The van der Waals surface area contributed by atoms with Crippen LogP contribution in [0.2, 0.25) is 0 Å². The van der Waals surface area contributed by atoms with Gasteiger partial charge in [0.1, 0.15) is 4.21 Å². The summed E-state index contributed by atoms with van der Waals surface area (Å²) in [4.78, 5) is 0. The topological polar surface area (TPSA) is 46.2 Å². The van der Waals surface area contributed by atoms with Crippen LogP contribution in [0, 0.1) is 13.8 Å². The maximum atomic E-state index is 12.3. The van der Waals surface area contributed by atoms with E-state index in [1.807, 2.05) is 39.0 Å². The van der Waals surface area contributed by atoms with E-state index in [0.717, 1.165) is 14.9 Å². The SMILES string of the molecule is Cc1ccc(C(C)NS(=O)(=O)c2ccc(Br)s2)cc1C. The van der Waals surface area contributed by atoms with Gasteiger partial charge in [0, 0.05) is 6.04 Å². The van der Waals surface area contributed by atoms with Gasteiger partial charge >= 0.3 is 0 Å². The number of hydrogen-bond donors (Lipinski definition) is 1. The molecule has 0 aliphatic carbocycles. The number of benzene rings is 1. The second-order valence-corrected chi connectivity index (χ2v) is 9.15. The Balaban J connectivity index is 2.22.